The number of anilines is 1. The number of carbonyl (C=O) groups is 1. The molecule has 1 fully saturated rings. The number of carbonyl (C=O) groups excluding carboxylic acids is 1. The molecule has 1 aliphatic rings. The number of aromatic nitrogens is 2. The van der Waals surface area contributed by atoms with Crippen molar-refractivity contribution in [1.29, 1.82) is 0 Å². The third kappa shape index (κ3) is 3.55. The molecular formula is C20H19F3N4O2S. The molecule has 1 aliphatic heterocycles. The van der Waals surface area contributed by atoms with Crippen molar-refractivity contribution in [3.8, 4) is 0 Å². The zero-order valence-electron chi connectivity index (χ0n) is 16.4. The van der Waals surface area contributed by atoms with Gasteiger partial charge >= 0.3 is 6.18 Å². The van der Waals surface area contributed by atoms with E-state index in [9.17, 15) is 22.8 Å². The minimum atomic E-state index is -4.39. The Labute approximate surface area is 174 Å². The molecule has 3 aromatic rings. The number of amides is 1. The second-order valence-corrected chi connectivity index (χ2v) is 8.22. The number of hydrogen-bond donors (Lipinski definition) is 0. The Hall–Kier alpha value is -2.88. The maximum Gasteiger partial charge on any atom is 0.416 e. The van der Waals surface area contributed by atoms with E-state index in [0.717, 1.165) is 12.1 Å². The van der Waals surface area contributed by atoms with Crippen LogP contribution in [0.1, 0.15) is 20.8 Å². The first-order valence-electron chi connectivity index (χ1n) is 9.33. The van der Waals surface area contributed by atoms with Crippen molar-refractivity contribution in [2.75, 3.05) is 31.1 Å². The zero-order chi connectivity index (χ0) is 21.6. The van der Waals surface area contributed by atoms with Gasteiger partial charge in [-0.1, -0.05) is 6.07 Å². The smallest absolute Gasteiger partial charge is 0.368 e. The Morgan fingerprint density at radius 2 is 1.87 bits per heavy atom. The van der Waals surface area contributed by atoms with E-state index >= 15 is 0 Å². The first kappa shape index (κ1) is 20.4. The quantitative estimate of drug-likeness (QED) is 0.619. The number of thiophene rings is 1. The van der Waals surface area contributed by atoms with Gasteiger partial charge in [-0.15, -0.1) is 11.3 Å². The largest absolute Gasteiger partial charge is 0.416 e. The summed E-state index contributed by atoms with van der Waals surface area (Å²) in [7, 11) is 1.61. The lowest BCUT2D eigenvalue weighted by Crippen LogP contribution is -2.48. The summed E-state index contributed by atoms with van der Waals surface area (Å²) in [6, 6.07) is 5.22. The summed E-state index contributed by atoms with van der Waals surface area (Å²) in [5.41, 5.74) is 0.229. The van der Waals surface area contributed by atoms with Gasteiger partial charge in [0, 0.05) is 38.9 Å². The van der Waals surface area contributed by atoms with Crippen LogP contribution in [0.3, 0.4) is 0 Å². The standard InChI is InChI=1S/C20H19F3N4O2S/c1-12-15-17(24-11-25(2)18(15)28)30-16(12)19(29)27-8-6-26(7-9-27)14-5-3-4-13(10-14)20(21,22)23/h3-5,10-11H,6-9H2,1-2H3. The van der Waals surface area contributed by atoms with Crippen LogP contribution in [0.4, 0.5) is 18.9 Å². The number of halogens is 3. The summed E-state index contributed by atoms with van der Waals surface area (Å²) in [4.78, 5) is 34.2. The second kappa shape index (κ2) is 7.42. The van der Waals surface area contributed by atoms with E-state index in [1.165, 1.54) is 28.3 Å². The van der Waals surface area contributed by atoms with E-state index in [1.54, 1.807) is 24.9 Å². The summed E-state index contributed by atoms with van der Waals surface area (Å²) < 4.78 is 40.3. The summed E-state index contributed by atoms with van der Waals surface area (Å²) in [5.74, 6) is -0.179. The van der Waals surface area contributed by atoms with E-state index in [0.29, 0.717) is 52.5 Å². The number of rotatable bonds is 2. The normalized spacial score (nSPS) is 15.1. The van der Waals surface area contributed by atoms with Gasteiger partial charge in [-0.2, -0.15) is 13.2 Å². The Morgan fingerprint density at radius 3 is 2.53 bits per heavy atom. The third-order valence-corrected chi connectivity index (χ3v) is 6.50. The van der Waals surface area contributed by atoms with Crippen LogP contribution < -0.4 is 10.5 Å². The average molecular weight is 436 g/mol. The van der Waals surface area contributed by atoms with Crippen LogP contribution in [0, 0.1) is 6.92 Å². The first-order chi connectivity index (χ1) is 14.2. The van der Waals surface area contributed by atoms with Gasteiger partial charge in [0.15, 0.2) is 0 Å². The molecule has 0 spiro atoms. The van der Waals surface area contributed by atoms with Crippen molar-refractivity contribution in [1.82, 2.24) is 14.5 Å². The molecule has 30 heavy (non-hydrogen) atoms. The van der Waals surface area contributed by atoms with Gasteiger partial charge in [0.2, 0.25) is 0 Å². The van der Waals surface area contributed by atoms with E-state index in [2.05, 4.69) is 4.98 Å². The minimum absolute atomic E-state index is 0.179. The summed E-state index contributed by atoms with van der Waals surface area (Å²) in [5, 5.41) is 0.455. The Balaban J connectivity index is 1.52. The summed E-state index contributed by atoms with van der Waals surface area (Å²) in [6.07, 6.45) is -2.96. The van der Waals surface area contributed by atoms with Crippen molar-refractivity contribution < 1.29 is 18.0 Å². The highest BCUT2D eigenvalue weighted by Crippen LogP contribution is 2.32. The van der Waals surface area contributed by atoms with Crippen LogP contribution in [0.2, 0.25) is 0 Å². The molecular weight excluding hydrogens is 417 g/mol. The lowest BCUT2D eigenvalue weighted by atomic mass is 10.1. The first-order valence-corrected chi connectivity index (χ1v) is 10.1. The molecule has 0 N–H and O–H groups in total. The van der Waals surface area contributed by atoms with Crippen LogP contribution >= 0.6 is 11.3 Å². The van der Waals surface area contributed by atoms with Gasteiger partial charge in [-0.05, 0) is 30.7 Å². The van der Waals surface area contributed by atoms with E-state index in [4.69, 9.17) is 0 Å². The van der Waals surface area contributed by atoms with Gasteiger partial charge in [-0.25, -0.2) is 4.98 Å². The number of benzene rings is 1. The number of piperazine rings is 1. The van der Waals surface area contributed by atoms with Crippen molar-refractivity contribution >= 4 is 33.1 Å². The molecule has 1 amide bonds. The van der Waals surface area contributed by atoms with Crippen LogP contribution in [-0.2, 0) is 13.2 Å². The van der Waals surface area contributed by atoms with Gasteiger partial charge in [0.1, 0.15) is 4.83 Å². The third-order valence-electron chi connectivity index (χ3n) is 5.31. The van der Waals surface area contributed by atoms with Crippen LogP contribution in [0.25, 0.3) is 10.2 Å². The van der Waals surface area contributed by atoms with E-state index in [-0.39, 0.29) is 11.5 Å². The van der Waals surface area contributed by atoms with Crippen molar-refractivity contribution in [2.24, 2.45) is 7.05 Å². The molecule has 10 heteroatoms. The average Bonchev–Trinajstić information content (AvgIpc) is 3.07. The summed E-state index contributed by atoms with van der Waals surface area (Å²) in [6.45, 7) is 3.37. The lowest BCUT2D eigenvalue weighted by Gasteiger charge is -2.36. The maximum atomic E-state index is 13.0. The monoisotopic (exact) mass is 436 g/mol. The highest BCUT2D eigenvalue weighted by Gasteiger charge is 2.31. The van der Waals surface area contributed by atoms with E-state index < -0.39 is 11.7 Å². The molecule has 1 saturated heterocycles. The number of hydrogen-bond acceptors (Lipinski definition) is 5. The second-order valence-electron chi connectivity index (χ2n) is 7.22. The summed E-state index contributed by atoms with van der Waals surface area (Å²) >= 11 is 1.20. The molecule has 1 aromatic carbocycles. The maximum absolute atomic E-state index is 13.0. The van der Waals surface area contributed by atoms with Gasteiger partial charge in [0.05, 0.1) is 22.2 Å². The zero-order valence-corrected chi connectivity index (χ0v) is 17.2. The minimum Gasteiger partial charge on any atom is -0.368 e. The Bertz CT molecular complexity index is 1180. The molecule has 0 saturated carbocycles. The molecule has 6 nitrogen and oxygen atoms in total. The van der Waals surface area contributed by atoms with E-state index in [1.807, 2.05) is 4.90 Å². The van der Waals surface area contributed by atoms with Gasteiger partial charge in [0.25, 0.3) is 11.5 Å². The van der Waals surface area contributed by atoms with Crippen molar-refractivity contribution in [3.63, 3.8) is 0 Å². The van der Waals surface area contributed by atoms with Gasteiger partial charge < -0.3 is 14.4 Å². The number of fused-ring (bicyclic) bond motifs is 1. The molecule has 4 rings (SSSR count). The molecule has 158 valence electrons. The molecule has 0 aliphatic carbocycles. The molecule has 2 aromatic heterocycles. The van der Waals surface area contributed by atoms with Gasteiger partial charge in [-0.3, -0.25) is 9.59 Å². The topological polar surface area (TPSA) is 58.4 Å². The van der Waals surface area contributed by atoms with Crippen LogP contribution in [0.15, 0.2) is 35.4 Å². The van der Waals surface area contributed by atoms with Crippen LogP contribution in [0.5, 0.6) is 0 Å². The number of nitrogens with zero attached hydrogens (tertiary/aromatic N) is 4. The molecule has 0 unspecified atom stereocenters. The Kier molecular flexibility index (Phi) is 5.05. The fraction of sp³-hybridized carbons (Fsp3) is 0.350. The van der Waals surface area contributed by atoms with Crippen LogP contribution in [-0.4, -0.2) is 46.5 Å². The van der Waals surface area contributed by atoms with Crippen molar-refractivity contribution in [2.45, 2.75) is 13.1 Å². The predicted molar refractivity (Wildman–Crippen MR) is 109 cm³/mol. The lowest BCUT2D eigenvalue weighted by molar-refractivity contribution is -0.137. The van der Waals surface area contributed by atoms with Crippen molar-refractivity contribution in [3.05, 3.63) is 57.0 Å². The number of aryl methyl sites for hydroxylation is 2. The predicted octanol–water partition coefficient (Wildman–Crippen LogP) is 3.28. The Morgan fingerprint density at radius 1 is 1.17 bits per heavy atom. The SMILES string of the molecule is Cc1c(C(=O)N2CCN(c3cccc(C(F)(F)F)c3)CC2)sc2ncn(C)c(=O)c12. The fourth-order valence-corrected chi connectivity index (χ4v) is 4.71. The highest BCUT2D eigenvalue weighted by atomic mass is 32.1. The fourth-order valence-electron chi connectivity index (χ4n) is 3.60. The molecule has 3 heterocycles. The highest BCUT2D eigenvalue weighted by molar-refractivity contribution is 7.20. The molecule has 0 atom stereocenters. The number of alkyl halides is 3. The molecule has 0 radical (unpaired) electrons. The molecule has 0 bridgehead atoms.